The third kappa shape index (κ3) is 4.57. The molecule has 0 aromatic heterocycles. The normalized spacial score (nSPS) is 24.2. The third-order valence-electron chi connectivity index (χ3n) is 4.11. The summed E-state index contributed by atoms with van der Waals surface area (Å²) in [5.74, 6) is 1.05. The summed E-state index contributed by atoms with van der Waals surface area (Å²) in [5, 5.41) is 3.66. The van der Waals surface area contributed by atoms with Crippen molar-refractivity contribution in [3.63, 3.8) is 0 Å². The number of likely N-dealkylation sites (tertiary alicyclic amines) is 1. The molecule has 0 spiro atoms. The van der Waals surface area contributed by atoms with Crippen molar-refractivity contribution >= 4 is 0 Å². The van der Waals surface area contributed by atoms with Crippen molar-refractivity contribution in [1.29, 1.82) is 0 Å². The maximum Gasteiger partial charge on any atom is 0.123 e. The predicted molar refractivity (Wildman–Crippen MR) is 82.5 cm³/mol. The van der Waals surface area contributed by atoms with Crippen LogP contribution in [0.25, 0.3) is 0 Å². The van der Waals surface area contributed by atoms with Gasteiger partial charge in [0.15, 0.2) is 0 Å². The van der Waals surface area contributed by atoms with Crippen molar-refractivity contribution in [2.24, 2.45) is 5.92 Å². The molecule has 1 fully saturated rings. The van der Waals surface area contributed by atoms with Gasteiger partial charge in [-0.25, -0.2) is 4.39 Å². The first-order valence-corrected chi connectivity index (χ1v) is 7.72. The minimum absolute atomic E-state index is 0.125. The number of nitrogens with one attached hydrogen (secondary N) is 1. The fraction of sp³-hybridized carbons (Fsp3) is 0.647. The van der Waals surface area contributed by atoms with E-state index in [2.05, 4.69) is 37.2 Å². The van der Waals surface area contributed by atoms with Crippen molar-refractivity contribution in [2.45, 2.75) is 38.6 Å². The zero-order chi connectivity index (χ0) is 14.5. The average Bonchev–Trinajstić information content (AvgIpc) is 2.37. The molecule has 0 radical (unpaired) electrons. The summed E-state index contributed by atoms with van der Waals surface area (Å²) in [4.78, 5) is 2.35. The van der Waals surface area contributed by atoms with Crippen molar-refractivity contribution in [3.8, 4) is 0 Å². The number of nitrogens with zero attached hydrogens (tertiary/aromatic N) is 1. The van der Waals surface area contributed by atoms with Crippen LogP contribution in [0.1, 0.15) is 38.2 Å². The summed E-state index contributed by atoms with van der Waals surface area (Å²) in [6.07, 6.45) is 2.32. The molecule has 2 rings (SSSR count). The van der Waals surface area contributed by atoms with Crippen LogP contribution in [0.3, 0.4) is 0 Å². The summed E-state index contributed by atoms with van der Waals surface area (Å²) in [6, 6.07) is 7.60. The number of likely N-dealkylation sites (N-methyl/N-ethyl adjacent to an activating group) is 1. The first kappa shape index (κ1) is 15.5. The van der Waals surface area contributed by atoms with Crippen molar-refractivity contribution in [2.75, 3.05) is 26.7 Å². The Bertz CT molecular complexity index is 419. The zero-order valence-corrected chi connectivity index (χ0v) is 12.9. The van der Waals surface area contributed by atoms with Gasteiger partial charge in [0.05, 0.1) is 0 Å². The van der Waals surface area contributed by atoms with E-state index in [1.54, 1.807) is 6.07 Å². The first-order chi connectivity index (χ1) is 9.54. The number of halogens is 1. The number of rotatable bonds is 5. The molecule has 1 aromatic rings. The summed E-state index contributed by atoms with van der Waals surface area (Å²) >= 11 is 0. The highest BCUT2D eigenvalue weighted by Crippen LogP contribution is 2.26. The van der Waals surface area contributed by atoms with Gasteiger partial charge in [-0.1, -0.05) is 26.0 Å². The van der Waals surface area contributed by atoms with Gasteiger partial charge >= 0.3 is 0 Å². The molecule has 0 bridgehead atoms. The second-order valence-corrected chi connectivity index (χ2v) is 6.54. The van der Waals surface area contributed by atoms with Crippen LogP contribution in [-0.4, -0.2) is 37.6 Å². The standard InChI is InChI=1S/C17H27FN2/c1-13(2)7-8-19-17-10-15(11-20(3)12-17)14-5-4-6-16(18)9-14/h4-6,9,13,15,17,19H,7-8,10-12H2,1-3H3. The van der Waals surface area contributed by atoms with Gasteiger partial charge in [0, 0.05) is 19.1 Å². The van der Waals surface area contributed by atoms with Crippen LogP contribution in [-0.2, 0) is 0 Å². The molecular weight excluding hydrogens is 251 g/mol. The van der Waals surface area contributed by atoms with Crippen molar-refractivity contribution in [1.82, 2.24) is 10.2 Å². The second-order valence-electron chi connectivity index (χ2n) is 6.54. The molecular formula is C17H27FN2. The topological polar surface area (TPSA) is 15.3 Å². The largest absolute Gasteiger partial charge is 0.313 e. The zero-order valence-electron chi connectivity index (χ0n) is 12.9. The molecule has 112 valence electrons. The van der Waals surface area contributed by atoms with Crippen molar-refractivity contribution in [3.05, 3.63) is 35.6 Å². The van der Waals surface area contributed by atoms with Crippen LogP contribution >= 0.6 is 0 Å². The summed E-state index contributed by atoms with van der Waals surface area (Å²) in [6.45, 7) is 7.69. The summed E-state index contributed by atoms with van der Waals surface area (Å²) < 4.78 is 13.4. The Morgan fingerprint density at radius 2 is 2.15 bits per heavy atom. The van der Waals surface area contributed by atoms with Gasteiger partial charge in [0.2, 0.25) is 0 Å². The van der Waals surface area contributed by atoms with E-state index >= 15 is 0 Å². The summed E-state index contributed by atoms with van der Waals surface area (Å²) in [7, 11) is 2.16. The first-order valence-electron chi connectivity index (χ1n) is 7.72. The lowest BCUT2D eigenvalue weighted by molar-refractivity contribution is 0.203. The molecule has 1 aliphatic heterocycles. The summed E-state index contributed by atoms with van der Waals surface area (Å²) in [5.41, 5.74) is 1.13. The molecule has 1 aromatic carbocycles. The van der Waals surface area contributed by atoms with E-state index in [1.807, 2.05) is 6.07 Å². The van der Waals surface area contributed by atoms with Gasteiger partial charge in [-0.2, -0.15) is 0 Å². The number of benzene rings is 1. The molecule has 20 heavy (non-hydrogen) atoms. The Balaban J connectivity index is 1.94. The highest BCUT2D eigenvalue weighted by atomic mass is 19.1. The quantitative estimate of drug-likeness (QED) is 0.889. The van der Waals surface area contributed by atoms with E-state index in [0.29, 0.717) is 12.0 Å². The fourth-order valence-electron chi connectivity index (χ4n) is 3.05. The highest BCUT2D eigenvalue weighted by molar-refractivity contribution is 5.22. The fourth-order valence-corrected chi connectivity index (χ4v) is 3.05. The lowest BCUT2D eigenvalue weighted by atomic mass is 9.88. The SMILES string of the molecule is CC(C)CCNC1CC(c2cccc(F)c2)CN(C)C1. The number of piperidine rings is 1. The molecule has 2 nitrogen and oxygen atoms in total. The van der Waals surface area contributed by atoms with Gasteiger partial charge in [0.25, 0.3) is 0 Å². The molecule has 0 saturated carbocycles. The van der Waals surface area contributed by atoms with Gasteiger partial charge in [-0.05, 0) is 56.0 Å². The molecule has 1 aliphatic rings. The van der Waals surface area contributed by atoms with Gasteiger partial charge in [-0.15, -0.1) is 0 Å². The van der Waals surface area contributed by atoms with E-state index < -0.39 is 0 Å². The van der Waals surface area contributed by atoms with Crippen LogP contribution in [0.2, 0.25) is 0 Å². The van der Waals surface area contributed by atoms with Gasteiger partial charge in [0.1, 0.15) is 5.82 Å². The van der Waals surface area contributed by atoms with E-state index in [9.17, 15) is 4.39 Å². The minimum atomic E-state index is -0.125. The van der Waals surface area contributed by atoms with E-state index in [1.165, 1.54) is 12.5 Å². The van der Waals surface area contributed by atoms with Crippen LogP contribution < -0.4 is 5.32 Å². The van der Waals surface area contributed by atoms with Crippen molar-refractivity contribution < 1.29 is 4.39 Å². The van der Waals surface area contributed by atoms with Crippen LogP contribution in [0.4, 0.5) is 4.39 Å². The number of hydrogen-bond donors (Lipinski definition) is 1. The van der Waals surface area contributed by atoms with Gasteiger partial charge < -0.3 is 10.2 Å². The molecule has 0 amide bonds. The Morgan fingerprint density at radius 1 is 1.35 bits per heavy atom. The molecule has 1 saturated heterocycles. The third-order valence-corrected chi connectivity index (χ3v) is 4.11. The van der Waals surface area contributed by atoms with E-state index in [0.717, 1.165) is 37.5 Å². The molecule has 2 atom stereocenters. The van der Waals surface area contributed by atoms with E-state index in [4.69, 9.17) is 0 Å². The molecule has 3 heteroatoms. The average molecular weight is 278 g/mol. The predicted octanol–water partition coefficient (Wildman–Crippen LogP) is 3.25. The molecule has 1 N–H and O–H groups in total. The van der Waals surface area contributed by atoms with Crippen LogP contribution in [0.15, 0.2) is 24.3 Å². The van der Waals surface area contributed by atoms with E-state index in [-0.39, 0.29) is 5.82 Å². The highest BCUT2D eigenvalue weighted by Gasteiger charge is 2.26. The lowest BCUT2D eigenvalue weighted by Crippen LogP contribution is -2.47. The van der Waals surface area contributed by atoms with Gasteiger partial charge in [-0.3, -0.25) is 0 Å². The number of hydrogen-bond acceptors (Lipinski definition) is 2. The Morgan fingerprint density at radius 3 is 2.85 bits per heavy atom. The van der Waals surface area contributed by atoms with Crippen LogP contribution in [0, 0.1) is 11.7 Å². The molecule has 2 unspecified atom stereocenters. The Kier molecular flexibility index (Phi) is 5.55. The minimum Gasteiger partial charge on any atom is -0.313 e. The molecule has 0 aliphatic carbocycles. The Hall–Kier alpha value is -0.930. The lowest BCUT2D eigenvalue weighted by Gasteiger charge is -2.36. The second kappa shape index (κ2) is 7.19. The monoisotopic (exact) mass is 278 g/mol. The maximum atomic E-state index is 13.4. The maximum absolute atomic E-state index is 13.4. The smallest absolute Gasteiger partial charge is 0.123 e. The van der Waals surface area contributed by atoms with Crippen LogP contribution in [0.5, 0.6) is 0 Å². The Labute approximate surface area is 122 Å². The molecule has 1 heterocycles.